The molecule has 0 spiro atoms. The Morgan fingerprint density at radius 2 is 2.31 bits per heavy atom. The van der Waals surface area contributed by atoms with Crippen molar-refractivity contribution in [3.8, 4) is 0 Å². The van der Waals surface area contributed by atoms with Crippen LogP contribution in [0.4, 0.5) is 0 Å². The van der Waals surface area contributed by atoms with Gasteiger partial charge in [-0.25, -0.2) is 0 Å². The lowest BCUT2D eigenvalue weighted by atomic mass is 9.82. The van der Waals surface area contributed by atoms with Gasteiger partial charge in [-0.1, -0.05) is 19.1 Å². The van der Waals surface area contributed by atoms with Crippen LogP contribution in [0, 0.1) is 23.2 Å². The van der Waals surface area contributed by atoms with Crippen molar-refractivity contribution < 1.29 is 0 Å². The molecule has 2 fully saturated rings. The molecule has 0 amide bonds. The normalized spacial score (nSPS) is 51.6. The third kappa shape index (κ3) is 0.978. The van der Waals surface area contributed by atoms with Gasteiger partial charge in [-0.15, -0.1) is 0 Å². The summed E-state index contributed by atoms with van der Waals surface area (Å²) in [7, 11) is 0. The minimum absolute atomic E-state index is 0.871. The van der Waals surface area contributed by atoms with E-state index in [4.69, 9.17) is 0 Å². The van der Waals surface area contributed by atoms with E-state index in [1.54, 1.807) is 12.8 Å². The van der Waals surface area contributed by atoms with E-state index in [-0.39, 0.29) is 0 Å². The van der Waals surface area contributed by atoms with Gasteiger partial charge in [0.25, 0.3) is 0 Å². The Hall–Kier alpha value is -0.260. The van der Waals surface area contributed by atoms with E-state index in [9.17, 15) is 0 Å². The molecule has 2 saturated carbocycles. The molecule has 0 heteroatoms. The predicted molar refractivity (Wildman–Crippen MR) is 55.4 cm³/mol. The molecule has 0 aliphatic heterocycles. The highest BCUT2D eigenvalue weighted by molar-refractivity contribution is 5.18. The molecule has 4 atom stereocenters. The topological polar surface area (TPSA) is 0 Å². The lowest BCUT2D eigenvalue weighted by molar-refractivity contribution is 0.275. The average Bonchev–Trinajstić information content (AvgIpc) is 2.54. The predicted octanol–water partition coefficient (Wildman–Crippen LogP) is 3.78. The first kappa shape index (κ1) is 8.08. The molecule has 0 saturated heterocycles. The Morgan fingerprint density at radius 3 is 2.77 bits per heavy atom. The molecule has 0 nitrogen and oxygen atoms in total. The molecule has 3 unspecified atom stereocenters. The van der Waals surface area contributed by atoms with Gasteiger partial charge in [-0.05, 0) is 61.7 Å². The first-order valence-electron chi connectivity index (χ1n) is 6.03. The van der Waals surface area contributed by atoms with Gasteiger partial charge in [0.1, 0.15) is 0 Å². The van der Waals surface area contributed by atoms with Crippen LogP contribution in [0.2, 0.25) is 0 Å². The molecular weight excluding hydrogens is 156 g/mol. The second kappa shape index (κ2) is 2.62. The van der Waals surface area contributed by atoms with Crippen LogP contribution in [0.3, 0.4) is 0 Å². The van der Waals surface area contributed by atoms with Crippen LogP contribution in [-0.2, 0) is 0 Å². The third-order valence-corrected chi connectivity index (χ3v) is 5.10. The first-order chi connectivity index (χ1) is 6.37. The van der Waals surface area contributed by atoms with Gasteiger partial charge >= 0.3 is 0 Å². The second-order valence-electron chi connectivity index (χ2n) is 5.34. The van der Waals surface area contributed by atoms with Gasteiger partial charge < -0.3 is 0 Å². The highest BCUT2D eigenvalue weighted by Gasteiger charge is 2.68. The number of hydrogen-bond donors (Lipinski definition) is 0. The number of rotatable bonds is 3. The molecule has 0 aromatic heterocycles. The van der Waals surface area contributed by atoms with Crippen molar-refractivity contribution in [1.82, 2.24) is 0 Å². The van der Waals surface area contributed by atoms with E-state index in [1.807, 2.05) is 0 Å². The van der Waals surface area contributed by atoms with Gasteiger partial charge in [-0.2, -0.15) is 0 Å². The van der Waals surface area contributed by atoms with Crippen molar-refractivity contribution >= 4 is 0 Å². The van der Waals surface area contributed by atoms with Crippen molar-refractivity contribution in [3.05, 3.63) is 12.2 Å². The molecule has 0 radical (unpaired) electrons. The zero-order chi connectivity index (χ0) is 8.89. The fourth-order valence-corrected chi connectivity index (χ4v) is 4.06. The summed E-state index contributed by atoms with van der Waals surface area (Å²) in [5.74, 6) is 3.25. The summed E-state index contributed by atoms with van der Waals surface area (Å²) in [6.45, 7) is 2.40. The van der Waals surface area contributed by atoms with Crippen LogP contribution in [0.1, 0.15) is 45.4 Å². The lowest BCUT2D eigenvalue weighted by Crippen LogP contribution is -2.13. The molecule has 0 bridgehead atoms. The van der Waals surface area contributed by atoms with E-state index in [0.717, 1.165) is 23.2 Å². The number of fused-ring (bicyclic) bond motifs is 1. The lowest BCUT2D eigenvalue weighted by Gasteiger charge is -2.23. The first-order valence-corrected chi connectivity index (χ1v) is 6.03. The van der Waals surface area contributed by atoms with Gasteiger partial charge in [0.05, 0.1) is 0 Å². The Bertz CT molecular complexity index is 236. The Kier molecular flexibility index (Phi) is 1.63. The third-order valence-electron chi connectivity index (χ3n) is 5.10. The highest BCUT2D eigenvalue weighted by Crippen LogP contribution is 2.75. The largest absolute Gasteiger partial charge is 0.0882 e. The van der Waals surface area contributed by atoms with Crippen LogP contribution < -0.4 is 0 Å². The molecular formula is C13H20. The molecule has 72 valence electrons. The SMILES string of the molecule is CCC12CCC1C2C[C@H]1C=CCC1. The second-order valence-corrected chi connectivity index (χ2v) is 5.34. The fourth-order valence-electron chi connectivity index (χ4n) is 4.06. The molecule has 0 heterocycles. The molecule has 13 heavy (non-hydrogen) atoms. The summed E-state index contributed by atoms with van der Waals surface area (Å²) in [6.07, 6.45) is 13.7. The van der Waals surface area contributed by atoms with Gasteiger partial charge in [0, 0.05) is 0 Å². The van der Waals surface area contributed by atoms with E-state index in [0.29, 0.717) is 0 Å². The number of hydrogen-bond acceptors (Lipinski definition) is 0. The van der Waals surface area contributed by atoms with Crippen molar-refractivity contribution in [2.75, 3.05) is 0 Å². The van der Waals surface area contributed by atoms with Crippen molar-refractivity contribution in [2.45, 2.75) is 45.4 Å². The van der Waals surface area contributed by atoms with E-state index in [2.05, 4.69) is 19.1 Å². The van der Waals surface area contributed by atoms with Crippen molar-refractivity contribution in [2.24, 2.45) is 23.2 Å². The quantitative estimate of drug-likeness (QED) is 0.574. The summed E-state index contributed by atoms with van der Waals surface area (Å²) in [4.78, 5) is 0. The highest BCUT2D eigenvalue weighted by atomic mass is 14.7. The summed E-state index contributed by atoms with van der Waals surface area (Å²) in [5.41, 5.74) is 0.871. The van der Waals surface area contributed by atoms with Crippen LogP contribution in [0.25, 0.3) is 0 Å². The summed E-state index contributed by atoms with van der Waals surface area (Å²) >= 11 is 0. The number of allylic oxidation sites excluding steroid dienone is 2. The summed E-state index contributed by atoms with van der Waals surface area (Å²) in [6, 6.07) is 0. The molecule has 0 aromatic rings. The zero-order valence-electron chi connectivity index (χ0n) is 8.63. The van der Waals surface area contributed by atoms with Crippen LogP contribution in [-0.4, -0.2) is 0 Å². The van der Waals surface area contributed by atoms with Gasteiger partial charge in [0.2, 0.25) is 0 Å². The zero-order valence-corrected chi connectivity index (χ0v) is 8.63. The Labute approximate surface area is 81.4 Å². The van der Waals surface area contributed by atoms with Crippen LogP contribution >= 0.6 is 0 Å². The van der Waals surface area contributed by atoms with E-state index >= 15 is 0 Å². The van der Waals surface area contributed by atoms with Crippen LogP contribution in [0.5, 0.6) is 0 Å². The maximum Gasteiger partial charge on any atom is -0.0228 e. The van der Waals surface area contributed by atoms with E-state index < -0.39 is 0 Å². The molecule has 3 rings (SSSR count). The molecule has 3 aliphatic rings. The maximum atomic E-state index is 2.47. The van der Waals surface area contributed by atoms with Gasteiger partial charge in [0.15, 0.2) is 0 Å². The molecule has 3 aliphatic carbocycles. The van der Waals surface area contributed by atoms with E-state index in [1.165, 1.54) is 25.7 Å². The Morgan fingerprint density at radius 1 is 1.38 bits per heavy atom. The van der Waals surface area contributed by atoms with Gasteiger partial charge in [-0.3, -0.25) is 0 Å². The minimum atomic E-state index is 0.871. The maximum absolute atomic E-state index is 2.47. The Balaban J connectivity index is 1.60. The monoisotopic (exact) mass is 176 g/mol. The minimum Gasteiger partial charge on any atom is -0.0882 e. The summed E-state index contributed by atoms with van der Waals surface area (Å²) < 4.78 is 0. The standard InChI is InChI=1S/C13H20/c1-2-13-8-7-11(13)12(13)9-10-5-3-4-6-10/h3,5,10-12H,2,4,6-9H2,1H3/t10-,11?,12?,13?/m0/s1. The molecule has 0 aromatic carbocycles. The average molecular weight is 176 g/mol. The van der Waals surface area contributed by atoms with Crippen molar-refractivity contribution in [1.29, 1.82) is 0 Å². The van der Waals surface area contributed by atoms with Crippen molar-refractivity contribution in [3.63, 3.8) is 0 Å². The molecule has 0 N–H and O–H groups in total. The van der Waals surface area contributed by atoms with Crippen LogP contribution in [0.15, 0.2) is 12.2 Å². The smallest absolute Gasteiger partial charge is 0.0228 e. The summed E-state index contributed by atoms with van der Waals surface area (Å²) in [5, 5.41) is 0. The fraction of sp³-hybridized carbons (Fsp3) is 0.846.